The van der Waals surface area contributed by atoms with E-state index in [0.29, 0.717) is 22.6 Å². The number of carbonyl (C=O) groups excluding carboxylic acids is 1. The summed E-state index contributed by atoms with van der Waals surface area (Å²) in [4.78, 5) is 10.7. The molecule has 2 rings (SSSR count). The van der Waals surface area contributed by atoms with Gasteiger partial charge in [0.15, 0.2) is 6.29 Å². The molecule has 4 heteroatoms. The Hall–Kier alpha value is -0.740. The second-order valence-electron chi connectivity index (χ2n) is 2.85. The standard InChI is InChI=1S/C10H6BrFOS/c11-3-6-1-2-7(4-13)9-8(12)5-14-10(6)9/h1-2,4-5H,3H2. The van der Waals surface area contributed by atoms with Crippen molar-refractivity contribution in [1.29, 1.82) is 0 Å². The van der Waals surface area contributed by atoms with Crippen LogP contribution in [0.5, 0.6) is 0 Å². The minimum atomic E-state index is -0.310. The van der Waals surface area contributed by atoms with Gasteiger partial charge in [0.05, 0.1) is 0 Å². The first-order chi connectivity index (χ1) is 6.77. The monoisotopic (exact) mass is 272 g/mol. The predicted molar refractivity (Wildman–Crippen MR) is 59.8 cm³/mol. The number of hydrogen-bond acceptors (Lipinski definition) is 2. The maximum absolute atomic E-state index is 13.3. The number of hydrogen-bond donors (Lipinski definition) is 0. The van der Waals surface area contributed by atoms with Crippen LogP contribution in [0.2, 0.25) is 0 Å². The zero-order valence-corrected chi connectivity index (χ0v) is 9.49. The van der Waals surface area contributed by atoms with Crippen LogP contribution < -0.4 is 0 Å². The van der Waals surface area contributed by atoms with Crippen molar-refractivity contribution in [3.8, 4) is 0 Å². The zero-order chi connectivity index (χ0) is 10.1. The number of halogens is 2. The molecule has 0 N–H and O–H groups in total. The van der Waals surface area contributed by atoms with E-state index in [0.717, 1.165) is 10.3 Å². The molecular weight excluding hydrogens is 267 g/mol. The van der Waals surface area contributed by atoms with E-state index in [1.54, 1.807) is 6.07 Å². The smallest absolute Gasteiger partial charge is 0.150 e. The highest BCUT2D eigenvalue weighted by Crippen LogP contribution is 2.31. The maximum Gasteiger partial charge on any atom is 0.150 e. The SMILES string of the molecule is O=Cc1ccc(CBr)c2scc(F)c12. The molecule has 0 radical (unpaired) electrons. The molecule has 72 valence electrons. The number of alkyl halides is 1. The summed E-state index contributed by atoms with van der Waals surface area (Å²) in [7, 11) is 0. The van der Waals surface area contributed by atoms with Gasteiger partial charge in [0.25, 0.3) is 0 Å². The zero-order valence-electron chi connectivity index (χ0n) is 7.09. The van der Waals surface area contributed by atoms with E-state index in [-0.39, 0.29) is 5.82 Å². The molecule has 0 spiro atoms. The minimum absolute atomic E-state index is 0.310. The van der Waals surface area contributed by atoms with Gasteiger partial charge in [-0.05, 0) is 5.56 Å². The summed E-state index contributed by atoms with van der Waals surface area (Å²) >= 11 is 4.66. The molecule has 2 aromatic rings. The molecular formula is C10H6BrFOS. The quantitative estimate of drug-likeness (QED) is 0.601. The average Bonchev–Trinajstić information content (AvgIpc) is 2.60. The van der Waals surface area contributed by atoms with Gasteiger partial charge >= 0.3 is 0 Å². The van der Waals surface area contributed by atoms with Crippen LogP contribution in [0.1, 0.15) is 15.9 Å². The predicted octanol–water partition coefficient (Wildman–Crippen LogP) is 3.75. The lowest BCUT2D eigenvalue weighted by molar-refractivity contribution is 0.112. The summed E-state index contributed by atoms with van der Waals surface area (Å²) in [6.07, 6.45) is 0.691. The van der Waals surface area contributed by atoms with Crippen molar-refractivity contribution >= 4 is 43.6 Å². The number of carbonyl (C=O) groups is 1. The van der Waals surface area contributed by atoms with Crippen molar-refractivity contribution in [3.63, 3.8) is 0 Å². The molecule has 0 amide bonds. The van der Waals surface area contributed by atoms with Crippen LogP contribution in [0.15, 0.2) is 17.5 Å². The van der Waals surface area contributed by atoms with Crippen molar-refractivity contribution in [2.75, 3.05) is 0 Å². The third kappa shape index (κ3) is 1.38. The number of thiophene rings is 1. The molecule has 1 heterocycles. The lowest BCUT2D eigenvalue weighted by Crippen LogP contribution is -1.86. The van der Waals surface area contributed by atoms with Gasteiger partial charge in [-0.25, -0.2) is 4.39 Å². The molecule has 0 aliphatic carbocycles. The molecule has 1 aromatic carbocycles. The van der Waals surface area contributed by atoms with Crippen molar-refractivity contribution in [2.45, 2.75) is 5.33 Å². The molecule has 0 aliphatic heterocycles. The lowest BCUT2D eigenvalue weighted by Gasteiger charge is -2.00. The third-order valence-corrected chi connectivity index (χ3v) is 3.69. The van der Waals surface area contributed by atoms with Gasteiger partial charge in [-0.2, -0.15) is 0 Å². The molecule has 0 bridgehead atoms. The Kier molecular flexibility index (Phi) is 2.65. The van der Waals surface area contributed by atoms with E-state index in [4.69, 9.17) is 0 Å². The topological polar surface area (TPSA) is 17.1 Å². The largest absolute Gasteiger partial charge is 0.298 e. The van der Waals surface area contributed by atoms with Gasteiger partial charge in [-0.1, -0.05) is 28.1 Å². The third-order valence-electron chi connectivity index (χ3n) is 2.06. The summed E-state index contributed by atoms with van der Waals surface area (Å²) in [5.74, 6) is -0.310. The molecule has 0 fully saturated rings. The molecule has 0 saturated heterocycles. The van der Waals surface area contributed by atoms with E-state index in [1.165, 1.54) is 16.7 Å². The normalized spacial score (nSPS) is 10.7. The summed E-state index contributed by atoms with van der Waals surface area (Å²) in [6.45, 7) is 0. The summed E-state index contributed by atoms with van der Waals surface area (Å²) in [5.41, 5.74) is 1.43. The van der Waals surface area contributed by atoms with E-state index < -0.39 is 0 Å². The van der Waals surface area contributed by atoms with Gasteiger partial charge in [-0.3, -0.25) is 4.79 Å². The van der Waals surface area contributed by atoms with Crippen LogP contribution in [-0.2, 0) is 5.33 Å². The fourth-order valence-corrected chi connectivity index (χ4v) is 3.01. The molecule has 14 heavy (non-hydrogen) atoms. The Morgan fingerprint density at radius 1 is 1.50 bits per heavy atom. The van der Waals surface area contributed by atoms with Crippen LogP contribution in [0.25, 0.3) is 10.1 Å². The Morgan fingerprint density at radius 3 is 2.93 bits per heavy atom. The van der Waals surface area contributed by atoms with Crippen LogP contribution in [0.3, 0.4) is 0 Å². The second-order valence-corrected chi connectivity index (χ2v) is 4.29. The Balaban J connectivity index is 2.87. The molecule has 1 aromatic heterocycles. The van der Waals surface area contributed by atoms with Gasteiger partial charge in [0.1, 0.15) is 5.82 Å². The minimum Gasteiger partial charge on any atom is -0.298 e. The van der Waals surface area contributed by atoms with E-state index in [1.807, 2.05) is 6.07 Å². The second kappa shape index (κ2) is 3.79. The van der Waals surface area contributed by atoms with E-state index in [9.17, 15) is 9.18 Å². The van der Waals surface area contributed by atoms with Crippen LogP contribution in [-0.4, -0.2) is 6.29 Å². The van der Waals surface area contributed by atoms with Crippen LogP contribution >= 0.6 is 27.3 Å². The summed E-state index contributed by atoms with van der Waals surface area (Å²) in [5, 5.41) is 2.55. The van der Waals surface area contributed by atoms with Crippen molar-refractivity contribution in [3.05, 3.63) is 34.5 Å². The molecule has 0 atom stereocenters. The van der Waals surface area contributed by atoms with Crippen molar-refractivity contribution < 1.29 is 9.18 Å². The number of benzene rings is 1. The Morgan fingerprint density at radius 2 is 2.29 bits per heavy atom. The first kappa shape index (κ1) is 9.80. The highest BCUT2D eigenvalue weighted by atomic mass is 79.9. The number of rotatable bonds is 2. The van der Waals surface area contributed by atoms with Crippen LogP contribution in [0.4, 0.5) is 4.39 Å². The first-order valence-corrected chi connectivity index (χ1v) is 5.97. The fraction of sp³-hybridized carbons (Fsp3) is 0.100. The summed E-state index contributed by atoms with van der Waals surface area (Å²) < 4.78 is 14.2. The molecule has 0 unspecified atom stereocenters. The van der Waals surface area contributed by atoms with E-state index in [2.05, 4.69) is 15.9 Å². The highest BCUT2D eigenvalue weighted by Gasteiger charge is 2.11. The molecule has 0 aliphatic rings. The van der Waals surface area contributed by atoms with Crippen LogP contribution in [0, 0.1) is 5.82 Å². The van der Waals surface area contributed by atoms with E-state index >= 15 is 0 Å². The number of fused-ring (bicyclic) bond motifs is 1. The van der Waals surface area contributed by atoms with Gasteiger partial charge in [0, 0.05) is 26.4 Å². The van der Waals surface area contributed by atoms with Crippen molar-refractivity contribution in [1.82, 2.24) is 0 Å². The van der Waals surface area contributed by atoms with Crippen molar-refractivity contribution in [2.24, 2.45) is 0 Å². The van der Waals surface area contributed by atoms with Gasteiger partial charge in [-0.15, -0.1) is 11.3 Å². The maximum atomic E-state index is 13.3. The lowest BCUT2D eigenvalue weighted by atomic mass is 10.1. The van der Waals surface area contributed by atoms with Gasteiger partial charge in [0.2, 0.25) is 0 Å². The highest BCUT2D eigenvalue weighted by molar-refractivity contribution is 9.08. The first-order valence-electron chi connectivity index (χ1n) is 3.97. The fourth-order valence-electron chi connectivity index (χ4n) is 1.40. The average molecular weight is 273 g/mol. The Bertz CT molecular complexity index is 492. The molecule has 0 saturated carbocycles. The number of aldehydes is 1. The summed E-state index contributed by atoms with van der Waals surface area (Å²) in [6, 6.07) is 3.50. The molecule has 1 nitrogen and oxygen atoms in total. The van der Waals surface area contributed by atoms with Gasteiger partial charge < -0.3 is 0 Å². The Labute approximate surface area is 92.7 Å².